The van der Waals surface area contributed by atoms with Crippen molar-refractivity contribution in [3.63, 3.8) is 0 Å². The van der Waals surface area contributed by atoms with E-state index in [4.69, 9.17) is 0 Å². The molecule has 1 saturated carbocycles. The zero-order valence-electron chi connectivity index (χ0n) is 11.3. The van der Waals surface area contributed by atoms with Crippen LogP contribution >= 0.6 is 0 Å². The lowest BCUT2D eigenvalue weighted by atomic mass is 9.85. The maximum atomic E-state index is 4.54. The van der Waals surface area contributed by atoms with Crippen molar-refractivity contribution in [2.24, 2.45) is 0 Å². The van der Waals surface area contributed by atoms with Crippen molar-refractivity contribution >= 4 is 0 Å². The molecule has 3 rings (SSSR count). The Hall–Kier alpha value is -0.920. The van der Waals surface area contributed by atoms with Gasteiger partial charge in [-0.15, -0.1) is 0 Å². The molecule has 1 aromatic rings. The van der Waals surface area contributed by atoms with Crippen LogP contribution in [-0.2, 0) is 0 Å². The summed E-state index contributed by atoms with van der Waals surface area (Å²) in [6.07, 6.45) is 4.11. The second-order valence-corrected chi connectivity index (χ2v) is 6.31. The number of fused-ring (bicyclic) bond motifs is 5. The first kappa shape index (κ1) is 11.2. The van der Waals surface area contributed by atoms with Gasteiger partial charge in [0.1, 0.15) is 0 Å². The molecule has 2 nitrogen and oxygen atoms in total. The molecule has 2 unspecified atom stereocenters. The summed E-state index contributed by atoms with van der Waals surface area (Å²) in [7, 11) is 0. The Balaban J connectivity index is 2.21. The fourth-order valence-electron chi connectivity index (χ4n) is 3.71. The van der Waals surface area contributed by atoms with Crippen molar-refractivity contribution in [1.82, 2.24) is 10.2 Å². The molecule has 2 aliphatic carbocycles. The first-order valence-corrected chi connectivity index (χ1v) is 6.99. The Bertz CT molecular complexity index is 407. The molecule has 1 fully saturated rings. The van der Waals surface area contributed by atoms with Gasteiger partial charge in [0.2, 0.25) is 0 Å². The molecule has 2 heteroatoms. The summed E-state index contributed by atoms with van der Waals surface area (Å²) in [5, 5.41) is 9.08. The molecule has 0 radical (unpaired) electrons. The fraction of sp³-hybridized carbons (Fsp3) is 0.733. The number of aromatic nitrogens is 2. The maximum Gasteiger partial charge on any atom is 0.0694 e. The number of nitrogens with zero attached hydrogens (tertiary/aromatic N) is 2. The first-order chi connectivity index (χ1) is 8.09. The van der Waals surface area contributed by atoms with Crippen LogP contribution in [-0.4, -0.2) is 10.2 Å². The van der Waals surface area contributed by atoms with E-state index in [1.807, 2.05) is 0 Å². The quantitative estimate of drug-likeness (QED) is 0.764. The van der Waals surface area contributed by atoms with E-state index >= 15 is 0 Å². The van der Waals surface area contributed by atoms with Crippen LogP contribution in [0.4, 0.5) is 0 Å². The fourth-order valence-corrected chi connectivity index (χ4v) is 3.71. The van der Waals surface area contributed by atoms with Gasteiger partial charge in [-0.05, 0) is 54.1 Å². The average molecular weight is 230 g/mol. The maximum absolute atomic E-state index is 4.54. The Labute approximate surface area is 104 Å². The molecule has 1 heterocycles. The summed E-state index contributed by atoms with van der Waals surface area (Å²) in [4.78, 5) is 0. The van der Waals surface area contributed by atoms with E-state index in [1.165, 1.54) is 30.7 Å². The molecule has 2 bridgehead atoms. The standard InChI is InChI=1S/C15H22N2/c1-8(2)14-12-10-5-6-11(7-10)13(12)15(9(3)4)17-16-14/h8-11H,5-7H2,1-4H3. The van der Waals surface area contributed by atoms with E-state index in [0.29, 0.717) is 11.8 Å². The lowest BCUT2D eigenvalue weighted by Crippen LogP contribution is -2.13. The van der Waals surface area contributed by atoms with Crippen LogP contribution in [0.15, 0.2) is 0 Å². The van der Waals surface area contributed by atoms with E-state index in [9.17, 15) is 0 Å². The van der Waals surface area contributed by atoms with Crippen molar-refractivity contribution < 1.29 is 0 Å². The van der Waals surface area contributed by atoms with E-state index < -0.39 is 0 Å². The van der Waals surface area contributed by atoms with Crippen molar-refractivity contribution in [2.45, 2.75) is 70.6 Å². The van der Waals surface area contributed by atoms with Gasteiger partial charge in [0.05, 0.1) is 11.4 Å². The predicted molar refractivity (Wildman–Crippen MR) is 69.5 cm³/mol. The minimum atomic E-state index is 0.511. The highest BCUT2D eigenvalue weighted by atomic mass is 15.1. The summed E-state index contributed by atoms with van der Waals surface area (Å²) >= 11 is 0. The van der Waals surface area contributed by atoms with Gasteiger partial charge in [0.15, 0.2) is 0 Å². The van der Waals surface area contributed by atoms with Gasteiger partial charge in [0.25, 0.3) is 0 Å². The summed E-state index contributed by atoms with van der Waals surface area (Å²) in [5.41, 5.74) is 5.73. The number of rotatable bonds is 2. The lowest BCUT2D eigenvalue weighted by Gasteiger charge is -2.23. The lowest BCUT2D eigenvalue weighted by molar-refractivity contribution is 0.637. The normalized spacial score (nSPS) is 26.0. The molecule has 0 saturated heterocycles. The molecule has 0 spiro atoms. The number of hydrogen-bond donors (Lipinski definition) is 0. The molecule has 0 N–H and O–H groups in total. The van der Waals surface area contributed by atoms with Crippen LogP contribution in [0.3, 0.4) is 0 Å². The third-order valence-corrected chi connectivity index (χ3v) is 4.45. The molecule has 2 atom stereocenters. The second-order valence-electron chi connectivity index (χ2n) is 6.31. The molecule has 0 aromatic carbocycles. The van der Waals surface area contributed by atoms with Crippen LogP contribution < -0.4 is 0 Å². The van der Waals surface area contributed by atoms with E-state index in [2.05, 4.69) is 37.9 Å². The predicted octanol–water partition coefficient (Wildman–Crippen LogP) is 4.09. The van der Waals surface area contributed by atoms with Gasteiger partial charge in [-0.1, -0.05) is 27.7 Å². The van der Waals surface area contributed by atoms with Gasteiger partial charge < -0.3 is 0 Å². The van der Waals surface area contributed by atoms with Crippen LogP contribution in [0.2, 0.25) is 0 Å². The highest BCUT2D eigenvalue weighted by molar-refractivity contribution is 5.47. The third-order valence-electron chi connectivity index (χ3n) is 4.45. The summed E-state index contributed by atoms with van der Waals surface area (Å²) in [6.45, 7) is 8.97. The summed E-state index contributed by atoms with van der Waals surface area (Å²) < 4.78 is 0. The molecule has 1 aromatic heterocycles. The Kier molecular flexibility index (Phi) is 2.49. The van der Waals surface area contributed by atoms with Gasteiger partial charge in [0, 0.05) is 0 Å². The molecular formula is C15H22N2. The van der Waals surface area contributed by atoms with E-state index in [0.717, 1.165) is 11.8 Å². The Morgan fingerprint density at radius 1 is 0.824 bits per heavy atom. The minimum absolute atomic E-state index is 0.511. The van der Waals surface area contributed by atoms with Crippen LogP contribution in [0, 0.1) is 0 Å². The van der Waals surface area contributed by atoms with Crippen LogP contribution in [0.5, 0.6) is 0 Å². The zero-order chi connectivity index (χ0) is 12.2. The highest BCUT2D eigenvalue weighted by Crippen LogP contribution is 2.55. The van der Waals surface area contributed by atoms with E-state index in [1.54, 1.807) is 11.1 Å². The minimum Gasteiger partial charge on any atom is -0.155 e. The van der Waals surface area contributed by atoms with E-state index in [-0.39, 0.29) is 0 Å². The molecule has 2 aliphatic rings. The summed E-state index contributed by atoms with van der Waals surface area (Å²) in [5.74, 6) is 2.61. The summed E-state index contributed by atoms with van der Waals surface area (Å²) in [6, 6.07) is 0. The SMILES string of the molecule is CC(C)c1nnc(C(C)C)c2c1C1CCC2C1. The number of hydrogen-bond acceptors (Lipinski definition) is 2. The molecule has 0 amide bonds. The largest absolute Gasteiger partial charge is 0.155 e. The topological polar surface area (TPSA) is 25.8 Å². The smallest absolute Gasteiger partial charge is 0.0694 e. The van der Waals surface area contributed by atoms with Crippen molar-refractivity contribution in [1.29, 1.82) is 0 Å². The Morgan fingerprint density at radius 3 is 1.59 bits per heavy atom. The van der Waals surface area contributed by atoms with Crippen molar-refractivity contribution in [2.75, 3.05) is 0 Å². The van der Waals surface area contributed by atoms with Crippen molar-refractivity contribution in [3.8, 4) is 0 Å². The van der Waals surface area contributed by atoms with Crippen LogP contribution in [0.1, 0.15) is 93.1 Å². The second kappa shape index (κ2) is 3.79. The van der Waals surface area contributed by atoms with Gasteiger partial charge in [-0.2, -0.15) is 10.2 Å². The van der Waals surface area contributed by atoms with Gasteiger partial charge in [-0.25, -0.2) is 0 Å². The highest BCUT2D eigenvalue weighted by Gasteiger charge is 2.41. The molecule has 0 aliphatic heterocycles. The van der Waals surface area contributed by atoms with Crippen LogP contribution in [0.25, 0.3) is 0 Å². The Morgan fingerprint density at radius 2 is 1.24 bits per heavy atom. The molecule has 92 valence electrons. The van der Waals surface area contributed by atoms with Crippen molar-refractivity contribution in [3.05, 3.63) is 22.5 Å². The molecule has 17 heavy (non-hydrogen) atoms. The zero-order valence-corrected chi connectivity index (χ0v) is 11.3. The van der Waals surface area contributed by atoms with Gasteiger partial charge >= 0.3 is 0 Å². The monoisotopic (exact) mass is 230 g/mol. The van der Waals surface area contributed by atoms with Gasteiger partial charge in [-0.3, -0.25) is 0 Å². The average Bonchev–Trinajstić information content (AvgIpc) is 2.88. The third kappa shape index (κ3) is 1.53. The first-order valence-electron chi connectivity index (χ1n) is 6.99. The molecular weight excluding hydrogens is 208 g/mol.